The van der Waals surface area contributed by atoms with Crippen molar-refractivity contribution in [2.75, 3.05) is 5.32 Å². The van der Waals surface area contributed by atoms with Gasteiger partial charge in [0.2, 0.25) is 5.82 Å². The Kier molecular flexibility index (Phi) is 3.51. The Bertz CT molecular complexity index is 444. The van der Waals surface area contributed by atoms with Crippen molar-refractivity contribution in [2.45, 2.75) is 26.3 Å². The van der Waals surface area contributed by atoms with Gasteiger partial charge in [-0.25, -0.2) is 4.68 Å². The summed E-state index contributed by atoms with van der Waals surface area (Å²) >= 11 is 0. The molecule has 0 radical (unpaired) electrons. The molecule has 0 fully saturated rings. The Labute approximate surface area is 93.8 Å². The molecule has 0 aliphatic carbocycles. The minimum Gasteiger partial charge on any atom is -0.351 e. The summed E-state index contributed by atoms with van der Waals surface area (Å²) in [5.41, 5.74) is 0.464. The molecular weight excluding hydrogens is 208 g/mol. The monoisotopic (exact) mass is 222 g/mol. The Morgan fingerprint density at radius 3 is 2.81 bits per heavy atom. The van der Waals surface area contributed by atoms with Crippen molar-refractivity contribution in [1.82, 2.24) is 9.78 Å². The van der Waals surface area contributed by atoms with E-state index in [0.717, 1.165) is 0 Å². The highest BCUT2D eigenvalue weighted by Gasteiger charge is 2.25. The van der Waals surface area contributed by atoms with Crippen molar-refractivity contribution in [3.8, 4) is 12.3 Å². The molecule has 1 aromatic rings. The summed E-state index contributed by atoms with van der Waals surface area (Å²) < 4.78 is 1.45. The summed E-state index contributed by atoms with van der Waals surface area (Å²) in [4.78, 5) is 10.5. The van der Waals surface area contributed by atoms with Crippen LogP contribution >= 0.6 is 0 Å². The van der Waals surface area contributed by atoms with Gasteiger partial charge in [-0.2, -0.15) is 5.10 Å². The van der Waals surface area contributed by atoms with Gasteiger partial charge in [0, 0.05) is 7.05 Å². The maximum absolute atomic E-state index is 10.9. The summed E-state index contributed by atoms with van der Waals surface area (Å²) in [6.45, 7) is 3.58. The highest BCUT2D eigenvalue weighted by atomic mass is 16.6. The van der Waals surface area contributed by atoms with E-state index < -0.39 is 4.92 Å². The van der Waals surface area contributed by atoms with E-state index in [0.29, 0.717) is 17.9 Å². The minimum absolute atomic E-state index is 0.00657. The predicted molar refractivity (Wildman–Crippen MR) is 61.2 cm³/mol. The molecule has 0 aliphatic rings. The van der Waals surface area contributed by atoms with Gasteiger partial charge in [0.25, 0.3) is 0 Å². The van der Waals surface area contributed by atoms with E-state index in [9.17, 15) is 10.1 Å². The van der Waals surface area contributed by atoms with Crippen molar-refractivity contribution in [3.63, 3.8) is 0 Å². The smallest absolute Gasteiger partial charge is 0.334 e. The fourth-order valence-electron chi connectivity index (χ4n) is 1.41. The van der Waals surface area contributed by atoms with Gasteiger partial charge in [-0.15, -0.1) is 6.42 Å². The maximum atomic E-state index is 10.9. The van der Waals surface area contributed by atoms with E-state index >= 15 is 0 Å². The number of rotatable bonds is 4. The van der Waals surface area contributed by atoms with Crippen molar-refractivity contribution in [1.29, 1.82) is 0 Å². The second-order valence-electron chi connectivity index (χ2n) is 3.41. The molecule has 0 aliphatic heterocycles. The van der Waals surface area contributed by atoms with Gasteiger partial charge in [-0.05, 0) is 13.3 Å². The molecule has 0 spiro atoms. The molecule has 1 N–H and O–H groups in total. The minimum atomic E-state index is -0.433. The third kappa shape index (κ3) is 2.14. The molecule has 0 saturated heterocycles. The van der Waals surface area contributed by atoms with Crippen LogP contribution < -0.4 is 5.32 Å². The van der Waals surface area contributed by atoms with E-state index in [2.05, 4.69) is 16.3 Å². The standard InChI is InChI=1S/C10H14N4O2/c1-5-7(3)11-10-9(14(15)16)8(6-2)12-13(10)4/h1,7,11H,6H2,2-4H3. The van der Waals surface area contributed by atoms with E-state index in [4.69, 9.17) is 6.42 Å². The SMILES string of the molecule is C#CC(C)Nc1c([N+](=O)[O-])c(CC)nn1C. The van der Waals surface area contributed by atoms with Gasteiger partial charge >= 0.3 is 5.69 Å². The van der Waals surface area contributed by atoms with E-state index in [1.807, 2.05) is 6.92 Å². The van der Waals surface area contributed by atoms with Crippen molar-refractivity contribution < 1.29 is 4.92 Å². The zero-order chi connectivity index (χ0) is 12.3. The van der Waals surface area contributed by atoms with Crippen molar-refractivity contribution in [2.24, 2.45) is 7.05 Å². The predicted octanol–water partition coefficient (Wildman–Crippen LogP) is 1.32. The van der Waals surface area contributed by atoms with Crippen LogP contribution in [0.1, 0.15) is 19.5 Å². The van der Waals surface area contributed by atoms with Crippen LogP contribution in [0.25, 0.3) is 0 Å². The molecule has 6 heteroatoms. The lowest BCUT2D eigenvalue weighted by molar-refractivity contribution is -0.384. The summed E-state index contributed by atoms with van der Waals surface area (Å²) in [6, 6.07) is -0.279. The first kappa shape index (κ1) is 12.0. The van der Waals surface area contributed by atoms with Crippen LogP contribution in [0.2, 0.25) is 0 Å². The Balaban J connectivity index is 3.21. The fourth-order valence-corrected chi connectivity index (χ4v) is 1.41. The number of nitro groups is 1. The van der Waals surface area contributed by atoms with Crippen LogP contribution in [-0.2, 0) is 13.5 Å². The first-order chi connectivity index (χ1) is 7.51. The summed E-state index contributed by atoms with van der Waals surface area (Å²) in [6.07, 6.45) is 5.73. The summed E-state index contributed by atoms with van der Waals surface area (Å²) in [5.74, 6) is 2.81. The molecule has 1 aromatic heterocycles. The number of anilines is 1. The molecule has 1 rings (SSSR count). The normalized spacial score (nSPS) is 11.9. The van der Waals surface area contributed by atoms with Crippen LogP contribution in [0.15, 0.2) is 0 Å². The number of terminal acetylenes is 1. The summed E-state index contributed by atoms with van der Waals surface area (Å²) in [7, 11) is 1.65. The van der Waals surface area contributed by atoms with Crippen molar-refractivity contribution >= 4 is 11.5 Å². The third-order valence-electron chi connectivity index (χ3n) is 2.21. The first-order valence-electron chi connectivity index (χ1n) is 4.94. The van der Waals surface area contributed by atoms with E-state index in [1.165, 1.54) is 4.68 Å². The average Bonchev–Trinajstić information content (AvgIpc) is 2.55. The van der Waals surface area contributed by atoms with Crippen LogP contribution in [-0.4, -0.2) is 20.7 Å². The lowest BCUT2D eigenvalue weighted by Gasteiger charge is -2.08. The highest BCUT2D eigenvalue weighted by Crippen LogP contribution is 2.28. The summed E-state index contributed by atoms with van der Waals surface area (Å²) in [5, 5.41) is 17.9. The maximum Gasteiger partial charge on any atom is 0.334 e. The second kappa shape index (κ2) is 4.66. The van der Waals surface area contributed by atoms with Crippen LogP contribution in [0.3, 0.4) is 0 Å². The zero-order valence-electron chi connectivity index (χ0n) is 9.52. The van der Waals surface area contributed by atoms with E-state index in [-0.39, 0.29) is 11.7 Å². The Morgan fingerprint density at radius 2 is 2.38 bits per heavy atom. The number of hydrogen-bond donors (Lipinski definition) is 1. The third-order valence-corrected chi connectivity index (χ3v) is 2.21. The average molecular weight is 222 g/mol. The molecule has 16 heavy (non-hydrogen) atoms. The van der Waals surface area contributed by atoms with Crippen molar-refractivity contribution in [3.05, 3.63) is 15.8 Å². The number of hydrogen-bond acceptors (Lipinski definition) is 4. The van der Waals surface area contributed by atoms with Gasteiger partial charge in [-0.3, -0.25) is 10.1 Å². The van der Waals surface area contributed by atoms with Gasteiger partial charge < -0.3 is 5.32 Å². The molecule has 1 unspecified atom stereocenters. The largest absolute Gasteiger partial charge is 0.351 e. The topological polar surface area (TPSA) is 73.0 Å². The van der Waals surface area contributed by atoms with Gasteiger partial charge in [0.05, 0.1) is 11.0 Å². The Hall–Kier alpha value is -2.03. The lowest BCUT2D eigenvalue weighted by Crippen LogP contribution is -2.15. The van der Waals surface area contributed by atoms with Crippen LogP contribution in [0.4, 0.5) is 11.5 Å². The molecule has 86 valence electrons. The quantitative estimate of drug-likeness (QED) is 0.473. The lowest BCUT2D eigenvalue weighted by atomic mass is 10.3. The first-order valence-corrected chi connectivity index (χ1v) is 4.94. The number of aryl methyl sites for hydroxylation is 2. The molecule has 0 bridgehead atoms. The molecule has 0 saturated carbocycles. The molecule has 1 atom stereocenters. The number of aromatic nitrogens is 2. The molecule has 1 heterocycles. The molecular formula is C10H14N4O2. The highest BCUT2D eigenvalue weighted by molar-refractivity contribution is 5.60. The fraction of sp³-hybridized carbons (Fsp3) is 0.500. The molecule has 0 aromatic carbocycles. The molecule has 6 nitrogen and oxygen atoms in total. The van der Waals surface area contributed by atoms with Gasteiger partial charge in [-0.1, -0.05) is 12.8 Å². The van der Waals surface area contributed by atoms with Gasteiger partial charge in [0.1, 0.15) is 5.69 Å². The zero-order valence-corrected chi connectivity index (χ0v) is 9.52. The second-order valence-corrected chi connectivity index (χ2v) is 3.41. The van der Waals surface area contributed by atoms with Crippen LogP contribution in [0, 0.1) is 22.5 Å². The molecule has 0 amide bonds. The van der Waals surface area contributed by atoms with Crippen LogP contribution in [0.5, 0.6) is 0 Å². The van der Waals surface area contributed by atoms with E-state index in [1.54, 1.807) is 14.0 Å². The number of nitrogens with one attached hydrogen (secondary N) is 1. The number of nitrogens with zero attached hydrogens (tertiary/aromatic N) is 3. The van der Waals surface area contributed by atoms with Gasteiger partial charge in [0.15, 0.2) is 0 Å². The Morgan fingerprint density at radius 1 is 1.75 bits per heavy atom.